The highest BCUT2D eigenvalue weighted by Crippen LogP contribution is 2.31. The minimum atomic E-state index is -2.91. The monoisotopic (exact) mass is 830 g/mol. The summed E-state index contributed by atoms with van der Waals surface area (Å²) in [7, 11) is -2.91. The van der Waals surface area contributed by atoms with E-state index >= 15 is 0 Å². The molecule has 13 heteroatoms. The summed E-state index contributed by atoms with van der Waals surface area (Å²) in [5, 5.41) is 5.80. The summed E-state index contributed by atoms with van der Waals surface area (Å²) >= 11 is 0. The average molecular weight is 831 g/mol. The number of carbonyl (C=O) groups excluding carboxylic acids is 3. The maximum Gasteiger partial charge on any atom is 0.408 e. The number of benzene rings is 4. The Kier molecular flexibility index (Phi) is 12.9. The fourth-order valence-corrected chi connectivity index (χ4v) is 9.19. The number of hydrogen-bond acceptors (Lipinski definition) is 8. The molecule has 3 amide bonds. The molecular weight excluding hydrogens is 777 g/mol. The first kappa shape index (κ1) is 42.3. The van der Waals surface area contributed by atoms with E-state index in [0.717, 1.165) is 46.6 Å². The lowest BCUT2D eigenvalue weighted by Gasteiger charge is -2.41. The summed E-state index contributed by atoms with van der Waals surface area (Å²) in [6.45, 7) is 9.82. The minimum absolute atomic E-state index is 0.0724. The van der Waals surface area contributed by atoms with Gasteiger partial charge in [-0.15, -0.1) is 0 Å². The zero-order valence-corrected chi connectivity index (χ0v) is 35.5. The Labute approximate surface area is 352 Å². The van der Waals surface area contributed by atoms with E-state index in [9.17, 15) is 22.8 Å². The summed E-state index contributed by atoms with van der Waals surface area (Å²) in [5.41, 5.74) is 6.22. The second kappa shape index (κ2) is 18.2. The van der Waals surface area contributed by atoms with Gasteiger partial charge in [0.1, 0.15) is 17.5 Å². The van der Waals surface area contributed by atoms with Crippen LogP contribution in [0.4, 0.5) is 10.5 Å². The Bertz CT molecular complexity index is 2360. The lowest BCUT2D eigenvalue weighted by molar-refractivity contribution is -0.138. The zero-order valence-electron chi connectivity index (χ0n) is 34.7. The van der Waals surface area contributed by atoms with Crippen molar-refractivity contribution in [3.8, 4) is 22.4 Å². The Morgan fingerprint density at radius 2 is 1.48 bits per heavy atom. The van der Waals surface area contributed by atoms with Gasteiger partial charge in [0.15, 0.2) is 9.84 Å². The SMILES string of the molecule is CC1C(Cc2ncc(-c3ccc(-c4ccc(C(=O)Nc5ccc(CN6CCS(=O)(=O)CC6)cc5)cc4)cc3)[nH]2)CCCN1C(=O)C(NC(=O)OC(C)(C)C)c1ccccc1. The molecule has 0 bridgehead atoms. The Morgan fingerprint density at radius 3 is 2.13 bits per heavy atom. The van der Waals surface area contributed by atoms with Crippen LogP contribution >= 0.6 is 0 Å². The molecule has 3 heterocycles. The Morgan fingerprint density at radius 1 is 0.850 bits per heavy atom. The molecule has 1 aromatic heterocycles. The normalized spacial score (nSPS) is 18.6. The molecule has 2 aliphatic heterocycles. The second-order valence-corrected chi connectivity index (χ2v) is 19.1. The second-order valence-electron chi connectivity index (χ2n) is 16.8. The van der Waals surface area contributed by atoms with Crippen LogP contribution in [-0.4, -0.2) is 88.9 Å². The molecule has 60 heavy (non-hydrogen) atoms. The number of sulfone groups is 1. The van der Waals surface area contributed by atoms with E-state index in [1.54, 1.807) is 20.8 Å². The van der Waals surface area contributed by atoms with Gasteiger partial charge >= 0.3 is 6.09 Å². The summed E-state index contributed by atoms with van der Waals surface area (Å²) in [6, 6.07) is 31.7. The summed E-state index contributed by atoms with van der Waals surface area (Å²) < 4.78 is 29.0. The maximum absolute atomic E-state index is 14.1. The molecule has 0 aliphatic carbocycles. The van der Waals surface area contributed by atoms with Gasteiger partial charge in [0.25, 0.3) is 5.91 Å². The van der Waals surface area contributed by atoms with E-state index in [-0.39, 0.29) is 35.3 Å². The number of piperidine rings is 1. The third-order valence-corrected chi connectivity index (χ3v) is 12.9. The van der Waals surface area contributed by atoms with Gasteiger partial charge in [-0.05, 0) is 98.5 Å². The van der Waals surface area contributed by atoms with Gasteiger partial charge in [-0.1, -0.05) is 78.9 Å². The van der Waals surface area contributed by atoms with Gasteiger partial charge in [0.05, 0.1) is 23.4 Å². The van der Waals surface area contributed by atoms with Crippen LogP contribution in [0.1, 0.15) is 73.9 Å². The molecule has 0 radical (unpaired) electrons. The lowest BCUT2D eigenvalue weighted by atomic mass is 9.86. The molecule has 4 aromatic carbocycles. The van der Waals surface area contributed by atoms with Gasteiger partial charge in [0, 0.05) is 49.9 Å². The van der Waals surface area contributed by atoms with Gasteiger partial charge < -0.3 is 25.3 Å². The molecule has 2 aliphatic rings. The van der Waals surface area contributed by atoms with Crippen molar-refractivity contribution in [1.82, 2.24) is 25.1 Å². The fraction of sp³-hybridized carbons (Fsp3) is 0.362. The molecule has 3 unspecified atom stereocenters. The fourth-order valence-electron chi connectivity index (χ4n) is 7.91. The number of aromatic amines is 1. The van der Waals surface area contributed by atoms with Crippen LogP contribution in [-0.2, 0) is 32.3 Å². The van der Waals surface area contributed by atoms with E-state index in [0.29, 0.717) is 49.4 Å². The Balaban J connectivity index is 0.931. The van der Waals surface area contributed by atoms with Crippen LogP contribution < -0.4 is 10.6 Å². The smallest absolute Gasteiger partial charge is 0.408 e. The predicted molar refractivity (Wildman–Crippen MR) is 234 cm³/mol. The number of amides is 3. The van der Waals surface area contributed by atoms with E-state index in [1.165, 1.54) is 0 Å². The van der Waals surface area contributed by atoms with E-state index < -0.39 is 27.6 Å². The van der Waals surface area contributed by atoms with E-state index in [4.69, 9.17) is 9.72 Å². The molecule has 5 aromatic rings. The van der Waals surface area contributed by atoms with Crippen LogP contribution in [0.15, 0.2) is 109 Å². The minimum Gasteiger partial charge on any atom is -0.444 e. The summed E-state index contributed by atoms with van der Waals surface area (Å²) in [5.74, 6) is 1.07. The van der Waals surface area contributed by atoms with Crippen LogP contribution in [0, 0.1) is 5.92 Å². The topological polar surface area (TPSA) is 154 Å². The highest BCUT2D eigenvalue weighted by molar-refractivity contribution is 7.91. The first-order valence-corrected chi connectivity index (χ1v) is 22.4. The molecule has 2 fully saturated rings. The number of alkyl carbamates (subject to hydrolysis) is 1. The van der Waals surface area contributed by atoms with Crippen molar-refractivity contribution >= 4 is 33.4 Å². The molecule has 2 saturated heterocycles. The average Bonchev–Trinajstić information content (AvgIpc) is 3.70. The van der Waals surface area contributed by atoms with Crippen molar-refractivity contribution in [2.24, 2.45) is 5.92 Å². The van der Waals surface area contributed by atoms with Crippen LogP contribution in [0.5, 0.6) is 0 Å². The van der Waals surface area contributed by atoms with Crippen molar-refractivity contribution in [2.45, 2.75) is 71.2 Å². The first-order chi connectivity index (χ1) is 28.7. The number of aromatic nitrogens is 2. The van der Waals surface area contributed by atoms with E-state index in [2.05, 4.69) is 51.7 Å². The third-order valence-electron chi connectivity index (χ3n) is 11.3. The number of nitrogens with zero attached hydrogens (tertiary/aromatic N) is 3. The zero-order chi connectivity index (χ0) is 42.4. The summed E-state index contributed by atoms with van der Waals surface area (Å²) in [4.78, 5) is 52.2. The number of nitrogens with one attached hydrogen (secondary N) is 3. The van der Waals surface area contributed by atoms with Crippen molar-refractivity contribution in [3.05, 3.63) is 132 Å². The number of carbonyl (C=O) groups is 3. The van der Waals surface area contributed by atoms with Gasteiger partial charge in [-0.3, -0.25) is 14.5 Å². The summed E-state index contributed by atoms with van der Waals surface area (Å²) in [6.07, 6.45) is 3.70. The standard InChI is InChI=1S/C47H54N6O6S/c1-32-39(11-8-24-53(32)45(55)43(37-9-6-5-7-10-37)51-46(56)59-47(2,3)4)29-42-48-30-41(50-42)36-18-14-34(15-19-36)35-16-20-38(21-17-35)44(54)49-40-22-12-33(13-23-40)31-52-25-27-60(57,58)28-26-52/h5-7,9-10,12-23,30,32,39,43H,8,11,24-29,31H2,1-4H3,(H,48,50)(H,49,54)(H,51,56). The number of ether oxygens (including phenoxy) is 1. The van der Waals surface area contributed by atoms with Crippen molar-refractivity contribution in [3.63, 3.8) is 0 Å². The molecule has 3 N–H and O–H groups in total. The van der Waals surface area contributed by atoms with Crippen LogP contribution in [0.25, 0.3) is 22.4 Å². The number of hydrogen-bond donors (Lipinski definition) is 3. The molecule has 0 spiro atoms. The molecular formula is C47H54N6O6S. The van der Waals surface area contributed by atoms with Crippen molar-refractivity contribution < 1.29 is 27.5 Å². The first-order valence-electron chi connectivity index (χ1n) is 20.6. The van der Waals surface area contributed by atoms with Gasteiger partial charge in [-0.25, -0.2) is 18.2 Å². The number of H-pyrrole nitrogens is 1. The molecule has 0 saturated carbocycles. The largest absolute Gasteiger partial charge is 0.444 e. The van der Waals surface area contributed by atoms with Crippen molar-refractivity contribution in [1.29, 1.82) is 0 Å². The number of anilines is 1. The number of rotatable bonds is 11. The predicted octanol–water partition coefficient (Wildman–Crippen LogP) is 7.66. The molecule has 314 valence electrons. The quantitative estimate of drug-likeness (QED) is 0.123. The number of likely N-dealkylation sites (tertiary alicyclic amines) is 1. The third kappa shape index (κ3) is 10.9. The molecule has 3 atom stereocenters. The molecule has 12 nitrogen and oxygen atoms in total. The maximum atomic E-state index is 14.1. The number of imidazole rings is 1. The van der Waals surface area contributed by atoms with Gasteiger partial charge in [-0.2, -0.15) is 0 Å². The lowest BCUT2D eigenvalue weighted by Crippen LogP contribution is -2.52. The van der Waals surface area contributed by atoms with Crippen LogP contribution in [0.2, 0.25) is 0 Å². The van der Waals surface area contributed by atoms with Crippen LogP contribution in [0.3, 0.4) is 0 Å². The van der Waals surface area contributed by atoms with Gasteiger partial charge in [0.2, 0.25) is 5.91 Å². The van der Waals surface area contributed by atoms with Crippen molar-refractivity contribution in [2.75, 3.05) is 36.5 Å². The van der Waals surface area contributed by atoms with E-state index in [1.807, 2.05) is 90.0 Å². The molecule has 7 rings (SSSR count). The Hall–Kier alpha value is -5.79. The highest BCUT2D eigenvalue weighted by Gasteiger charge is 2.37. The highest BCUT2D eigenvalue weighted by atomic mass is 32.2.